The molecule has 2 rings (SSSR count). The van der Waals surface area contributed by atoms with Crippen LogP contribution in [0.15, 0.2) is 48.5 Å². The Morgan fingerprint density at radius 1 is 1.00 bits per heavy atom. The zero-order chi connectivity index (χ0) is 14.5. The summed E-state index contributed by atoms with van der Waals surface area (Å²) < 4.78 is 42.0. The van der Waals surface area contributed by atoms with Gasteiger partial charge in [0.2, 0.25) is 0 Å². The van der Waals surface area contributed by atoms with Crippen LogP contribution >= 0.6 is 0 Å². The average Bonchev–Trinajstić information content (AvgIpc) is 2.39. The third kappa shape index (κ3) is 3.49. The molecule has 20 heavy (non-hydrogen) atoms. The van der Waals surface area contributed by atoms with Gasteiger partial charge in [-0.05, 0) is 35.4 Å². The largest absolute Gasteiger partial charge is 0.435 e. The van der Waals surface area contributed by atoms with Crippen LogP contribution in [0, 0.1) is 5.82 Å². The second-order valence-electron chi connectivity index (χ2n) is 4.11. The van der Waals surface area contributed by atoms with Gasteiger partial charge in [0.1, 0.15) is 11.6 Å². The number of hydrazine groups is 1. The average molecular weight is 282 g/mol. The third-order valence-corrected chi connectivity index (χ3v) is 2.77. The molecule has 0 aliphatic heterocycles. The van der Waals surface area contributed by atoms with Crippen molar-refractivity contribution in [1.29, 1.82) is 0 Å². The molecule has 0 bridgehead atoms. The van der Waals surface area contributed by atoms with Crippen molar-refractivity contribution in [1.82, 2.24) is 5.43 Å². The molecule has 0 heterocycles. The minimum Gasteiger partial charge on any atom is -0.435 e. The molecule has 0 saturated carbocycles. The molecule has 3 nitrogen and oxygen atoms in total. The van der Waals surface area contributed by atoms with Gasteiger partial charge in [0.25, 0.3) is 0 Å². The quantitative estimate of drug-likeness (QED) is 0.654. The Balaban J connectivity index is 2.32. The number of halogens is 3. The topological polar surface area (TPSA) is 47.3 Å². The molecule has 0 spiro atoms. The minimum atomic E-state index is -2.90. The van der Waals surface area contributed by atoms with Gasteiger partial charge in [0.05, 0.1) is 6.04 Å². The first-order valence-corrected chi connectivity index (χ1v) is 5.86. The van der Waals surface area contributed by atoms with Crippen molar-refractivity contribution in [2.75, 3.05) is 0 Å². The van der Waals surface area contributed by atoms with E-state index >= 15 is 0 Å². The van der Waals surface area contributed by atoms with Gasteiger partial charge in [0.15, 0.2) is 0 Å². The van der Waals surface area contributed by atoms with Crippen LogP contribution in [0.5, 0.6) is 5.75 Å². The number of alkyl halides is 2. The Labute approximate surface area is 114 Å². The molecule has 2 aromatic carbocycles. The van der Waals surface area contributed by atoms with Gasteiger partial charge >= 0.3 is 6.61 Å². The Bertz CT molecular complexity index is 578. The summed E-state index contributed by atoms with van der Waals surface area (Å²) in [4.78, 5) is 0. The highest BCUT2D eigenvalue weighted by Crippen LogP contribution is 2.25. The summed E-state index contributed by atoms with van der Waals surface area (Å²) in [5.41, 5.74) is 3.71. The van der Waals surface area contributed by atoms with Gasteiger partial charge in [-0.25, -0.2) is 9.82 Å². The molecule has 0 aliphatic carbocycles. The van der Waals surface area contributed by atoms with E-state index < -0.39 is 18.5 Å². The summed E-state index contributed by atoms with van der Waals surface area (Å²) in [6.07, 6.45) is 0. The Kier molecular flexibility index (Phi) is 4.60. The molecule has 1 atom stereocenters. The van der Waals surface area contributed by atoms with Crippen LogP contribution < -0.4 is 16.0 Å². The van der Waals surface area contributed by atoms with Crippen molar-refractivity contribution in [2.24, 2.45) is 5.84 Å². The van der Waals surface area contributed by atoms with Crippen LogP contribution in [-0.2, 0) is 0 Å². The summed E-state index contributed by atoms with van der Waals surface area (Å²) in [5.74, 6) is 5.10. The van der Waals surface area contributed by atoms with Crippen LogP contribution in [0.3, 0.4) is 0 Å². The maximum Gasteiger partial charge on any atom is 0.387 e. The Morgan fingerprint density at radius 3 is 2.25 bits per heavy atom. The fourth-order valence-corrected chi connectivity index (χ4v) is 1.94. The van der Waals surface area contributed by atoms with Crippen LogP contribution in [0.4, 0.5) is 13.2 Å². The molecule has 0 radical (unpaired) electrons. The minimum absolute atomic E-state index is 0.0224. The molecule has 0 fully saturated rings. The smallest absolute Gasteiger partial charge is 0.387 e. The molecule has 1 unspecified atom stereocenters. The van der Waals surface area contributed by atoms with Crippen LogP contribution in [0.2, 0.25) is 0 Å². The fraction of sp³-hybridized carbons (Fsp3) is 0.143. The van der Waals surface area contributed by atoms with E-state index in [9.17, 15) is 13.2 Å². The van der Waals surface area contributed by atoms with E-state index in [2.05, 4.69) is 10.2 Å². The van der Waals surface area contributed by atoms with E-state index in [0.29, 0.717) is 11.1 Å². The Morgan fingerprint density at radius 2 is 1.65 bits per heavy atom. The van der Waals surface area contributed by atoms with Crippen LogP contribution in [0.25, 0.3) is 0 Å². The fourth-order valence-electron chi connectivity index (χ4n) is 1.94. The van der Waals surface area contributed by atoms with Crippen molar-refractivity contribution in [3.8, 4) is 5.75 Å². The van der Waals surface area contributed by atoms with Crippen molar-refractivity contribution >= 4 is 0 Å². The number of nitrogens with one attached hydrogen (secondary N) is 1. The van der Waals surface area contributed by atoms with E-state index in [0.717, 1.165) is 0 Å². The van der Waals surface area contributed by atoms with E-state index in [-0.39, 0.29) is 5.75 Å². The van der Waals surface area contributed by atoms with E-state index in [1.54, 1.807) is 24.3 Å². The first kappa shape index (κ1) is 14.4. The number of nitrogens with two attached hydrogens (primary N) is 1. The number of benzene rings is 2. The normalized spacial score (nSPS) is 12.4. The zero-order valence-electron chi connectivity index (χ0n) is 10.4. The lowest BCUT2D eigenvalue weighted by atomic mass is 9.99. The highest BCUT2D eigenvalue weighted by atomic mass is 19.3. The van der Waals surface area contributed by atoms with Crippen molar-refractivity contribution < 1.29 is 17.9 Å². The van der Waals surface area contributed by atoms with Gasteiger partial charge in [0, 0.05) is 0 Å². The van der Waals surface area contributed by atoms with Gasteiger partial charge in [-0.1, -0.05) is 24.3 Å². The van der Waals surface area contributed by atoms with Crippen molar-refractivity contribution in [2.45, 2.75) is 12.7 Å². The molecule has 3 N–H and O–H groups in total. The zero-order valence-corrected chi connectivity index (χ0v) is 10.4. The van der Waals surface area contributed by atoms with E-state index in [1.165, 1.54) is 24.3 Å². The number of ether oxygens (including phenoxy) is 1. The lowest BCUT2D eigenvalue weighted by molar-refractivity contribution is -0.0498. The number of hydrogen-bond donors (Lipinski definition) is 2. The molecule has 0 amide bonds. The molecule has 2 aromatic rings. The predicted octanol–water partition coefficient (Wildman–Crippen LogP) is 2.98. The standard InChI is InChI=1S/C14H13F3N2O/c15-11-5-1-3-9(7-11)13(19-18)10-4-2-6-12(8-10)20-14(16)17/h1-8,13-14,19H,18H2. The molecule has 0 saturated heterocycles. The van der Waals surface area contributed by atoms with Gasteiger partial charge in [-0.3, -0.25) is 5.84 Å². The van der Waals surface area contributed by atoms with Crippen molar-refractivity contribution in [3.05, 3.63) is 65.5 Å². The molecular formula is C14H13F3N2O. The first-order valence-electron chi connectivity index (χ1n) is 5.86. The molecule has 0 aromatic heterocycles. The molecule has 6 heteroatoms. The van der Waals surface area contributed by atoms with Crippen LogP contribution in [-0.4, -0.2) is 6.61 Å². The molecular weight excluding hydrogens is 269 g/mol. The van der Waals surface area contributed by atoms with Gasteiger partial charge in [-0.2, -0.15) is 8.78 Å². The molecule has 0 aliphatic rings. The second kappa shape index (κ2) is 6.40. The SMILES string of the molecule is NNC(c1cccc(F)c1)c1cccc(OC(F)F)c1. The highest BCUT2D eigenvalue weighted by Gasteiger charge is 2.14. The first-order chi connectivity index (χ1) is 9.60. The maximum atomic E-state index is 13.2. The van der Waals surface area contributed by atoms with Crippen LogP contribution in [0.1, 0.15) is 17.2 Å². The lowest BCUT2D eigenvalue weighted by Gasteiger charge is -2.17. The maximum absolute atomic E-state index is 13.2. The van der Waals surface area contributed by atoms with Crippen molar-refractivity contribution in [3.63, 3.8) is 0 Å². The number of hydrogen-bond acceptors (Lipinski definition) is 3. The molecule has 106 valence electrons. The summed E-state index contributed by atoms with van der Waals surface area (Å²) in [6, 6.07) is 11.5. The summed E-state index contributed by atoms with van der Waals surface area (Å²) in [6.45, 7) is -2.90. The van der Waals surface area contributed by atoms with Gasteiger partial charge in [-0.15, -0.1) is 0 Å². The third-order valence-electron chi connectivity index (χ3n) is 2.77. The summed E-state index contributed by atoms with van der Waals surface area (Å²) in [7, 11) is 0. The monoisotopic (exact) mass is 282 g/mol. The van der Waals surface area contributed by atoms with E-state index in [4.69, 9.17) is 5.84 Å². The summed E-state index contributed by atoms with van der Waals surface area (Å²) in [5, 5.41) is 0. The van der Waals surface area contributed by atoms with E-state index in [1.807, 2.05) is 0 Å². The number of rotatable bonds is 5. The lowest BCUT2D eigenvalue weighted by Crippen LogP contribution is -2.28. The summed E-state index contributed by atoms with van der Waals surface area (Å²) >= 11 is 0. The Hall–Kier alpha value is -2.05. The predicted molar refractivity (Wildman–Crippen MR) is 68.6 cm³/mol. The highest BCUT2D eigenvalue weighted by molar-refractivity contribution is 5.36. The van der Waals surface area contributed by atoms with Gasteiger partial charge < -0.3 is 4.74 Å². The second-order valence-corrected chi connectivity index (χ2v) is 4.11.